The largest absolute Gasteiger partial charge is 0.369 e. The molecule has 0 atom stereocenters. The first kappa shape index (κ1) is 16.3. The number of aromatic nitrogens is 1. The predicted octanol–water partition coefficient (Wildman–Crippen LogP) is 4.24. The van der Waals surface area contributed by atoms with Crippen molar-refractivity contribution in [2.45, 2.75) is 39.9 Å². The van der Waals surface area contributed by atoms with Crippen LogP contribution in [-0.2, 0) is 13.1 Å². The first-order chi connectivity index (χ1) is 9.95. The third-order valence-corrected chi connectivity index (χ3v) is 4.45. The van der Waals surface area contributed by atoms with Crippen molar-refractivity contribution in [1.29, 1.82) is 0 Å². The molecule has 114 valence electrons. The molecule has 21 heavy (non-hydrogen) atoms. The number of halogens is 1. The Morgan fingerprint density at radius 2 is 2.14 bits per heavy atom. The third-order valence-electron chi connectivity index (χ3n) is 3.23. The number of aryl methyl sites for hydroxylation is 1. The van der Waals surface area contributed by atoms with Crippen LogP contribution in [0.3, 0.4) is 0 Å². The van der Waals surface area contributed by atoms with Gasteiger partial charge in [-0.15, -0.1) is 11.3 Å². The van der Waals surface area contributed by atoms with Gasteiger partial charge in [-0.2, -0.15) is 0 Å². The van der Waals surface area contributed by atoms with Crippen molar-refractivity contribution in [2.24, 2.45) is 0 Å². The summed E-state index contributed by atoms with van der Waals surface area (Å²) in [5.41, 5.74) is 3.48. The molecule has 2 aromatic rings. The molecule has 0 aliphatic carbocycles. The van der Waals surface area contributed by atoms with Crippen LogP contribution in [0.4, 0.5) is 5.69 Å². The van der Waals surface area contributed by atoms with E-state index in [0.717, 1.165) is 23.1 Å². The molecular formula is C16H22ClN3S. The summed E-state index contributed by atoms with van der Waals surface area (Å²) in [6, 6.07) is 6.64. The highest BCUT2D eigenvalue weighted by Crippen LogP contribution is 2.26. The van der Waals surface area contributed by atoms with Gasteiger partial charge in [-0.05, 0) is 25.1 Å². The van der Waals surface area contributed by atoms with Crippen LogP contribution >= 0.6 is 22.9 Å². The van der Waals surface area contributed by atoms with E-state index in [2.05, 4.69) is 48.2 Å². The Morgan fingerprint density at radius 1 is 1.38 bits per heavy atom. The van der Waals surface area contributed by atoms with E-state index < -0.39 is 0 Å². The standard InChI is InChI=1S/C16H22ClN3S/c1-11(2)18-8-13-9-19-12(3)7-15(13)20(4)10-14-5-6-16(17)21-14/h5-7,9,11,18H,8,10H2,1-4H3. The average Bonchev–Trinajstić information content (AvgIpc) is 2.82. The number of nitrogens with zero attached hydrogens (tertiary/aromatic N) is 2. The van der Waals surface area contributed by atoms with Crippen molar-refractivity contribution < 1.29 is 0 Å². The second-order valence-corrected chi connectivity index (χ2v) is 7.35. The molecule has 5 heteroatoms. The molecule has 0 saturated heterocycles. The van der Waals surface area contributed by atoms with Crippen LogP contribution in [0.5, 0.6) is 0 Å². The van der Waals surface area contributed by atoms with Crippen LogP contribution in [0.2, 0.25) is 4.34 Å². The van der Waals surface area contributed by atoms with E-state index >= 15 is 0 Å². The third kappa shape index (κ3) is 4.70. The highest BCUT2D eigenvalue weighted by molar-refractivity contribution is 7.16. The van der Waals surface area contributed by atoms with Gasteiger partial charge < -0.3 is 10.2 Å². The molecule has 1 N–H and O–H groups in total. The zero-order chi connectivity index (χ0) is 15.4. The fourth-order valence-electron chi connectivity index (χ4n) is 2.13. The zero-order valence-corrected chi connectivity index (χ0v) is 14.6. The van der Waals surface area contributed by atoms with E-state index in [0.29, 0.717) is 6.04 Å². The van der Waals surface area contributed by atoms with Gasteiger partial charge in [0.25, 0.3) is 0 Å². The van der Waals surface area contributed by atoms with Gasteiger partial charge in [0.05, 0.1) is 10.9 Å². The van der Waals surface area contributed by atoms with Gasteiger partial charge >= 0.3 is 0 Å². The van der Waals surface area contributed by atoms with Crippen LogP contribution < -0.4 is 10.2 Å². The van der Waals surface area contributed by atoms with E-state index in [9.17, 15) is 0 Å². The molecule has 2 heterocycles. The first-order valence-corrected chi connectivity index (χ1v) is 8.29. The quantitative estimate of drug-likeness (QED) is 0.861. The van der Waals surface area contributed by atoms with E-state index in [1.165, 1.54) is 16.1 Å². The minimum absolute atomic E-state index is 0.459. The fraction of sp³-hybridized carbons (Fsp3) is 0.438. The molecule has 0 aliphatic heterocycles. The maximum absolute atomic E-state index is 6.01. The molecule has 0 aromatic carbocycles. The van der Waals surface area contributed by atoms with Crippen LogP contribution in [0.15, 0.2) is 24.4 Å². The topological polar surface area (TPSA) is 28.2 Å². The Morgan fingerprint density at radius 3 is 2.76 bits per heavy atom. The van der Waals surface area contributed by atoms with Crippen LogP contribution in [0.25, 0.3) is 0 Å². The van der Waals surface area contributed by atoms with Crippen LogP contribution in [0.1, 0.15) is 30.0 Å². The molecule has 0 amide bonds. The van der Waals surface area contributed by atoms with Crippen molar-refractivity contribution in [1.82, 2.24) is 10.3 Å². The molecule has 0 bridgehead atoms. The van der Waals surface area contributed by atoms with Crippen molar-refractivity contribution >= 4 is 28.6 Å². The van der Waals surface area contributed by atoms with E-state index in [4.69, 9.17) is 11.6 Å². The lowest BCUT2D eigenvalue weighted by atomic mass is 10.1. The van der Waals surface area contributed by atoms with Crippen LogP contribution in [-0.4, -0.2) is 18.1 Å². The number of nitrogens with one attached hydrogen (secondary N) is 1. The van der Waals surface area contributed by atoms with Gasteiger partial charge in [0, 0.05) is 47.7 Å². The highest BCUT2D eigenvalue weighted by Gasteiger charge is 2.11. The zero-order valence-electron chi connectivity index (χ0n) is 13.0. The summed E-state index contributed by atoms with van der Waals surface area (Å²) in [5.74, 6) is 0. The SMILES string of the molecule is Cc1cc(N(C)Cc2ccc(Cl)s2)c(CNC(C)C)cn1. The molecule has 2 rings (SSSR count). The van der Waals surface area contributed by atoms with Crippen molar-refractivity contribution in [3.63, 3.8) is 0 Å². The van der Waals surface area contributed by atoms with Crippen molar-refractivity contribution in [2.75, 3.05) is 11.9 Å². The Hall–Kier alpha value is -1.10. The Labute approximate surface area is 136 Å². The van der Waals surface area contributed by atoms with Gasteiger partial charge in [0.15, 0.2) is 0 Å². The molecule has 0 saturated carbocycles. The fourth-order valence-corrected chi connectivity index (χ4v) is 3.28. The van der Waals surface area contributed by atoms with Gasteiger partial charge in [0.1, 0.15) is 0 Å². The lowest BCUT2D eigenvalue weighted by molar-refractivity contribution is 0.587. The lowest BCUT2D eigenvalue weighted by Crippen LogP contribution is -2.24. The monoisotopic (exact) mass is 323 g/mol. The molecule has 0 spiro atoms. The Balaban J connectivity index is 2.17. The minimum Gasteiger partial charge on any atom is -0.369 e. The molecule has 3 nitrogen and oxygen atoms in total. The minimum atomic E-state index is 0.459. The number of hydrogen-bond acceptors (Lipinski definition) is 4. The van der Waals surface area contributed by atoms with Gasteiger partial charge in [-0.3, -0.25) is 4.98 Å². The number of hydrogen-bond donors (Lipinski definition) is 1. The summed E-state index contributed by atoms with van der Waals surface area (Å²) >= 11 is 7.64. The molecule has 0 aliphatic rings. The summed E-state index contributed by atoms with van der Waals surface area (Å²) in [6.07, 6.45) is 1.97. The Bertz CT molecular complexity index is 595. The summed E-state index contributed by atoms with van der Waals surface area (Å²) < 4.78 is 0.839. The predicted molar refractivity (Wildman–Crippen MR) is 92.4 cm³/mol. The number of pyridine rings is 1. The van der Waals surface area contributed by atoms with Crippen molar-refractivity contribution in [3.8, 4) is 0 Å². The smallest absolute Gasteiger partial charge is 0.0931 e. The molecule has 0 unspecified atom stereocenters. The highest BCUT2D eigenvalue weighted by atomic mass is 35.5. The average molecular weight is 324 g/mol. The summed E-state index contributed by atoms with van der Waals surface area (Å²) in [4.78, 5) is 7.95. The molecule has 0 radical (unpaired) electrons. The lowest BCUT2D eigenvalue weighted by Gasteiger charge is -2.23. The molecular weight excluding hydrogens is 302 g/mol. The normalized spacial score (nSPS) is 11.1. The Kier molecular flexibility index (Phi) is 5.62. The first-order valence-electron chi connectivity index (χ1n) is 7.10. The van der Waals surface area contributed by atoms with Gasteiger partial charge in [0.2, 0.25) is 0 Å². The van der Waals surface area contributed by atoms with Crippen molar-refractivity contribution in [3.05, 3.63) is 44.9 Å². The summed E-state index contributed by atoms with van der Waals surface area (Å²) in [6.45, 7) is 8.02. The maximum atomic E-state index is 6.01. The van der Waals surface area contributed by atoms with Gasteiger partial charge in [-0.25, -0.2) is 0 Å². The number of thiophene rings is 1. The maximum Gasteiger partial charge on any atom is 0.0931 e. The van der Waals surface area contributed by atoms with Gasteiger partial charge in [-0.1, -0.05) is 25.4 Å². The van der Waals surface area contributed by atoms with E-state index in [1.54, 1.807) is 11.3 Å². The second-order valence-electron chi connectivity index (χ2n) is 5.55. The number of anilines is 1. The number of rotatable bonds is 6. The summed E-state index contributed by atoms with van der Waals surface area (Å²) in [7, 11) is 2.11. The second kappa shape index (κ2) is 7.25. The molecule has 2 aromatic heterocycles. The van der Waals surface area contributed by atoms with E-state index in [-0.39, 0.29) is 0 Å². The van der Waals surface area contributed by atoms with E-state index in [1.807, 2.05) is 19.2 Å². The van der Waals surface area contributed by atoms with Crippen LogP contribution in [0, 0.1) is 6.92 Å². The summed E-state index contributed by atoms with van der Waals surface area (Å²) in [5, 5.41) is 3.46. The molecule has 0 fully saturated rings.